The van der Waals surface area contributed by atoms with Gasteiger partial charge < -0.3 is 4.57 Å². The molecule has 1 fully saturated rings. The Balaban J connectivity index is 1.51. The van der Waals surface area contributed by atoms with Crippen molar-refractivity contribution in [1.82, 2.24) is 25.6 Å². The third-order valence-corrected chi connectivity index (χ3v) is 5.72. The lowest BCUT2D eigenvalue weighted by atomic mass is 9.95. The van der Waals surface area contributed by atoms with E-state index in [-0.39, 0.29) is 11.7 Å². The Labute approximate surface area is 167 Å². The normalized spacial score (nSPS) is 14.7. The Bertz CT molecular complexity index is 803. The number of carbonyl (C=O) groups is 2. The van der Waals surface area contributed by atoms with Crippen LogP contribution in [0.15, 0.2) is 29.4 Å². The maximum atomic E-state index is 12.1. The van der Waals surface area contributed by atoms with Crippen molar-refractivity contribution in [3.05, 3.63) is 40.7 Å². The summed E-state index contributed by atoms with van der Waals surface area (Å²) in [5, 5.41) is 9.67. The quantitative estimate of drug-likeness (QED) is 0.586. The summed E-state index contributed by atoms with van der Waals surface area (Å²) in [6.45, 7) is 1.94. The minimum Gasteiger partial charge on any atom is -0.303 e. The molecule has 1 aliphatic rings. The van der Waals surface area contributed by atoms with Gasteiger partial charge in [0, 0.05) is 16.6 Å². The first-order chi connectivity index (χ1) is 13.0. The second-order valence-corrected chi connectivity index (χ2v) is 7.87. The molecule has 0 atom stereocenters. The van der Waals surface area contributed by atoms with Crippen molar-refractivity contribution in [1.29, 1.82) is 0 Å². The fourth-order valence-electron chi connectivity index (χ4n) is 3.17. The van der Waals surface area contributed by atoms with Gasteiger partial charge in [0.15, 0.2) is 5.16 Å². The number of hydrogen-bond acceptors (Lipinski definition) is 5. The van der Waals surface area contributed by atoms with E-state index in [1.165, 1.54) is 31.0 Å². The largest absolute Gasteiger partial charge is 0.303 e. The molecule has 7 nitrogen and oxygen atoms in total. The highest BCUT2D eigenvalue weighted by atomic mass is 35.5. The molecule has 144 valence electrons. The maximum Gasteiger partial charge on any atom is 0.269 e. The molecule has 27 heavy (non-hydrogen) atoms. The number of aryl methyl sites for hydroxylation is 1. The van der Waals surface area contributed by atoms with E-state index in [1.54, 1.807) is 24.3 Å². The van der Waals surface area contributed by atoms with Crippen LogP contribution in [0.5, 0.6) is 0 Å². The molecule has 0 radical (unpaired) electrons. The van der Waals surface area contributed by atoms with Gasteiger partial charge in [0.1, 0.15) is 5.82 Å². The summed E-state index contributed by atoms with van der Waals surface area (Å²) >= 11 is 7.12. The zero-order valence-electron chi connectivity index (χ0n) is 15.1. The smallest absolute Gasteiger partial charge is 0.269 e. The first-order valence-electron chi connectivity index (χ1n) is 8.93. The molecule has 0 unspecified atom stereocenters. The van der Waals surface area contributed by atoms with E-state index < -0.39 is 5.91 Å². The summed E-state index contributed by atoms with van der Waals surface area (Å²) in [4.78, 5) is 24.1. The van der Waals surface area contributed by atoms with Gasteiger partial charge in [-0.15, -0.1) is 10.2 Å². The van der Waals surface area contributed by atoms with Crippen LogP contribution in [-0.2, 0) is 4.79 Å². The van der Waals surface area contributed by atoms with Gasteiger partial charge in [0.2, 0.25) is 5.91 Å². The van der Waals surface area contributed by atoms with Crippen molar-refractivity contribution >= 4 is 35.2 Å². The van der Waals surface area contributed by atoms with E-state index in [9.17, 15) is 9.59 Å². The first kappa shape index (κ1) is 19.7. The molecule has 0 aliphatic heterocycles. The van der Waals surface area contributed by atoms with Crippen LogP contribution in [0.25, 0.3) is 0 Å². The van der Waals surface area contributed by atoms with Gasteiger partial charge in [-0.1, -0.05) is 42.6 Å². The topological polar surface area (TPSA) is 88.9 Å². The van der Waals surface area contributed by atoms with Gasteiger partial charge in [-0.3, -0.25) is 20.4 Å². The SMILES string of the molecule is Cc1nnc(SCC(=O)NNC(=O)c2ccc(Cl)cc2)n1C1CCCCC1. The van der Waals surface area contributed by atoms with Gasteiger partial charge in [-0.05, 0) is 44.0 Å². The number of carbonyl (C=O) groups excluding carboxylic acids is 2. The summed E-state index contributed by atoms with van der Waals surface area (Å²) in [6, 6.07) is 6.83. The number of rotatable bonds is 5. The van der Waals surface area contributed by atoms with Crippen LogP contribution < -0.4 is 10.9 Å². The highest BCUT2D eigenvalue weighted by molar-refractivity contribution is 7.99. The number of hydrogen-bond donors (Lipinski definition) is 2. The van der Waals surface area contributed by atoms with E-state index in [2.05, 4.69) is 25.6 Å². The van der Waals surface area contributed by atoms with Gasteiger partial charge in [0.05, 0.1) is 5.75 Å². The van der Waals surface area contributed by atoms with Crippen LogP contribution in [0.2, 0.25) is 5.02 Å². The van der Waals surface area contributed by atoms with E-state index >= 15 is 0 Å². The number of nitrogens with zero attached hydrogens (tertiary/aromatic N) is 3. The van der Waals surface area contributed by atoms with Crippen LogP contribution in [-0.4, -0.2) is 32.3 Å². The zero-order valence-corrected chi connectivity index (χ0v) is 16.6. The van der Waals surface area contributed by atoms with E-state index in [0.717, 1.165) is 23.8 Å². The van der Waals surface area contributed by atoms with Gasteiger partial charge in [-0.25, -0.2) is 0 Å². The highest BCUT2D eigenvalue weighted by Crippen LogP contribution is 2.32. The number of aromatic nitrogens is 3. The third-order valence-electron chi connectivity index (χ3n) is 4.53. The summed E-state index contributed by atoms with van der Waals surface area (Å²) in [7, 11) is 0. The molecule has 1 aromatic carbocycles. The lowest BCUT2D eigenvalue weighted by Gasteiger charge is -2.24. The average Bonchev–Trinajstić information content (AvgIpc) is 3.06. The predicted octanol–water partition coefficient (Wildman–Crippen LogP) is 3.30. The highest BCUT2D eigenvalue weighted by Gasteiger charge is 2.21. The molecule has 2 N–H and O–H groups in total. The fraction of sp³-hybridized carbons (Fsp3) is 0.444. The molecule has 1 aliphatic carbocycles. The van der Waals surface area contributed by atoms with Crippen LogP contribution >= 0.6 is 23.4 Å². The van der Waals surface area contributed by atoms with Crippen molar-refractivity contribution in [3.63, 3.8) is 0 Å². The van der Waals surface area contributed by atoms with Crippen LogP contribution in [0.3, 0.4) is 0 Å². The summed E-state index contributed by atoms with van der Waals surface area (Å²) in [5.74, 6) is 0.316. The van der Waals surface area contributed by atoms with Crippen molar-refractivity contribution < 1.29 is 9.59 Å². The molecule has 0 saturated heterocycles. The molecule has 0 spiro atoms. The molecule has 2 aromatic rings. The van der Waals surface area contributed by atoms with Gasteiger partial charge in [-0.2, -0.15) is 0 Å². The Morgan fingerprint density at radius 1 is 1.15 bits per heavy atom. The molecule has 3 rings (SSSR count). The standard InChI is InChI=1S/C18H22ClN5O2S/c1-12-20-23-18(24(12)15-5-3-2-4-6-15)27-11-16(25)21-22-17(26)13-7-9-14(19)10-8-13/h7-10,15H,2-6,11H2,1H3,(H,21,25)(H,22,26). The van der Waals surface area contributed by atoms with Crippen molar-refractivity contribution in [2.75, 3.05) is 5.75 Å². The van der Waals surface area contributed by atoms with Crippen molar-refractivity contribution in [2.24, 2.45) is 0 Å². The van der Waals surface area contributed by atoms with Gasteiger partial charge in [0.25, 0.3) is 5.91 Å². The number of nitrogens with one attached hydrogen (secondary N) is 2. The zero-order chi connectivity index (χ0) is 19.2. The summed E-state index contributed by atoms with van der Waals surface area (Å²) < 4.78 is 2.14. The van der Waals surface area contributed by atoms with E-state index in [0.29, 0.717) is 16.6 Å². The lowest BCUT2D eigenvalue weighted by Crippen LogP contribution is -2.42. The lowest BCUT2D eigenvalue weighted by molar-refractivity contribution is -0.119. The predicted molar refractivity (Wildman–Crippen MR) is 105 cm³/mol. The Morgan fingerprint density at radius 2 is 1.85 bits per heavy atom. The minimum atomic E-state index is -0.397. The first-order valence-corrected chi connectivity index (χ1v) is 10.3. The molecule has 9 heteroatoms. The number of halogens is 1. The van der Waals surface area contributed by atoms with Gasteiger partial charge >= 0.3 is 0 Å². The third kappa shape index (κ3) is 5.23. The number of benzene rings is 1. The maximum absolute atomic E-state index is 12.1. The molecule has 1 aromatic heterocycles. The minimum absolute atomic E-state index is 0.145. The van der Waals surface area contributed by atoms with Crippen molar-refractivity contribution in [2.45, 2.75) is 50.2 Å². The molecule has 0 bridgehead atoms. The Morgan fingerprint density at radius 3 is 2.56 bits per heavy atom. The number of amides is 2. The summed E-state index contributed by atoms with van der Waals surface area (Å²) in [6.07, 6.45) is 5.94. The average molecular weight is 408 g/mol. The molecule has 2 amide bonds. The summed E-state index contributed by atoms with van der Waals surface area (Å²) in [5.41, 5.74) is 5.24. The molecular formula is C18H22ClN5O2S. The van der Waals surface area contributed by atoms with E-state index in [1.807, 2.05) is 6.92 Å². The Kier molecular flexibility index (Phi) is 6.73. The molecule has 1 heterocycles. The number of hydrazine groups is 1. The fourth-order valence-corrected chi connectivity index (χ4v) is 4.15. The van der Waals surface area contributed by atoms with Crippen LogP contribution in [0, 0.1) is 6.92 Å². The van der Waals surface area contributed by atoms with E-state index in [4.69, 9.17) is 11.6 Å². The second-order valence-electron chi connectivity index (χ2n) is 6.49. The van der Waals surface area contributed by atoms with Crippen LogP contribution in [0.4, 0.5) is 0 Å². The molecule has 1 saturated carbocycles. The molecular weight excluding hydrogens is 386 g/mol. The van der Waals surface area contributed by atoms with Crippen LogP contribution in [0.1, 0.15) is 54.3 Å². The Hall–Kier alpha value is -2.06. The number of thioether (sulfide) groups is 1. The van der Waals surface area contributed by atoms with Crippen molar-refractivity contribution in [3.8, 4) is 0 Å². The second kappa shape index (κ2) is 9.23. The monoisotopic (exact) mass is 407 g/mol.